The van der Waals surface area contributed by atoms with E-state index < -0.39 is 0 Å². The zero-order valence-electron chi connectivity index (χ0n) is 10.1. The SMILES string of the molecule is COc1cc(-c2cc(C)ccc2CN)ccn1. The van der Waals surface area contributed by atoms with Crippen LogP contribution in [0.25, 0.3) is 11.1 Å². The summed E-state index contributed by atoms with van der Waals surface area (Å²) in [5, 5.41) is 0. The molecule has 0 bridgehead atoms. The first-order valence-electron chi connectivity index (χ1n) is 5.54. The molecule has 0 saturated carbocycles. The molecule has 0 aliphatic carbocycles. The van der Waals surface area contributed by atoms with Gasteiger partial charge in [0.2, 0.25) is 5.88 Å². The number of nitrogens with zero attached hydrogens (tertiary/aromatic N) is 1. The summed E-state index contributed by atoms with van der Waals surface area (Å²) in [5.41, 5.74) is 10.3. The molecular weight excluding hydrogens is 212 g/mol. The minimum absolute atomic E-state index is 0.528. The van der Waals surface area contributed by atoms with Gasteiger partial charge in [-0.3, -0.25) is 0 Å². The first kappa shape index (κ1) is 11.6. The lowest BCUT2D eigenvalue weighted by atomic mass is 9.98. The molecule has 88 valence electrons. The highest BCUT2D eigenvalue weighted by Gasteiger charge is 2.05. The topological polar surface area (TPSA) is 48.1 Å². The second kappa shape index (κ2) is 4.97. The second-order valence-electron chi connectivity index (χ2n) is 3.95. The van der Waals surface area contributed by atoms with Crippen molar-refractivity contribution in [2.24, 2.45) is 5.73 Å². The lowest BCUT2D eigenvalue weighted by Gasteiger charge is -2.10. The van der Waals surface area contributed by atoms with Gasteiger partial charge in [-0.05, 0) is 29.7 Å². The number of ether oxygens (including phenoxy) is 1. The molecule has 0 radical (unpaired) electrons. The molecule has 0 amide bonds. The molecule has 1 heterocycles. The van der Waals surface area contributed by atoms with Crippen LogP contribution in [0.5, 0.6) is 5.88 Å². The fourth-order valence-electron chi connectivity index (χ4n) is 1.83. The van der Waals surface area contributed by atoms with Crippen LogP contribution in [-0.2, 0) is 6.54 Å². The standard InChI is InChI=1S/C14H16N2O/c1-10-3-4-12(9-15)13(7-10)11-5-6-16-14(8-11)17-2/h3-8H,9,15H2,1-2H3. The van der Waals surface area contributed by atoms with E-state index in [0.717, 1.165) is 16.7 Å². The van der Waals surface area contributed by atoms with E-state index >= 15 is 0 Å². The van der Waals surface area contributed by atoms with Crippen LogP contribution >= 0.6 is 0 Å². The Morgan fingerprint density at radius 1 is 1.24 bits per heavy atom. The van der Waals surface area contributed by atoms with Crippen molar-refractivity contribution in [1.29, 1.82) is 0 Å². The molecule has 0 atom stereocenters. The van der Waals surface area contributed by atoms with Crippen molar-refractivity contribution in [1.82, 2.24) is 4.98 Å². The van der Waals surface area contributed by atoms with Crippen molar-refractivity contribution in [2.75, 3.05) is 7.11 Å². The Morgan fingerprint density at radius 2 is 2.06 bits per heavy atom. The molecule has 0 spiro atoms. The molecule has 0 unspecified atom stereocenters. The molecule has 3 nitrogen and oxygen atoms in total. The highest BCUT2D eigenvalue weighted by Crippen LogP contribution is 2.26. The van der Waals surface area contributed by atoms with Crippen LogP contribution in [0.2, 0.25) is 0 Å². The van der Waals surface area contributed by atoms with E-state index in [1.54, 1.807) is 13.3 Å². The number of aromatic nitrogens is 1. The molecule has 2 aromatic rings. The van der Waals surface area contributed by atoms with Gasteiger partial charge in [-0.2, -0.15) is 0 Å². The van der Waals surface area contributed by atoms with Gasteiger partial charge in [0, 0.05) is 18.8 Å². The van der Waals surface area contributed by atoms with Crippen molar-refractivity contribution in [2.45, 2.75) is 13.5 Å². The fourth-order valence-corrected chi connectivity index (χ4v) is 1.83. The van der Waals surface area contributed by atoms with Gasteiger partial charge in [-0.15, -0.1) is 0 Å². The predicted molar refractivity (Wildman–Crippen MR) is 68.9 cm³/mol. The van der Waals surface area contributed by atoms with Crippen molar-refractivity contribution in [3.05, 3.63) is 47.7 Å². The number of hydrogen-bond donors (Lipinski definition) is 1. The minimum Gasteiger partial charge on any atom is -0.481 e. The average molecular weight is 228 g/mol. The monoisotopic (exact) mass is 228 g/mol. The minimum atomic E-state index is 0.528. The summed E-state index contributed by atoms with van der Waals surface area (Å²) in [6.07, 6.45) is 1.75. The number of pyridine rings is 1. The molecule has 1 aromatic carbocycles. The van der Waals surface area contributed by atoms with E-state index in [4.69, 9.17) is 10.5 Å². The Hall–Kier alpha value is -1.87. The summed E-state index contributed by atoms with van der Waals surface area (Å²) in [5.74, 6) is 0.618. The zero-order valence-corrected chi connectivity index (χ0v) is 10.1. The molecule has 0 fully saturated rings. The molecule has 2 rings (SSSR count). The van der Waals surface area contributed by atoms with Gasteiger partial charge in [0.15, 0.2) is 0 Å². The van der Waals surface area contributed by atoms with Crippen molar-refractivity contribution < 1.29 is 4.74 Å². The summed E-state index contributed by atoms with van der Waals surface area (Å²) in [6, 6.07) is 10.2. The van der Waals surface area contributed by atoms with Crippen LogP contribution in [0, 0.1) is 6.92 Å². The second-order valence-corrected chi connectivity index (χ2v) is 3.95. The van der Waals surface area contributed by atoms with Crippen LogP contribution in [0.15, 0.2) is 36.5 Å². The maximum atomic E-state index is 5.76. The summed E-state index contributed by atoms with van der Waals surface area (Å²) in [4.78, 5) is 4.11. The average Bonchev–Trinajstić information content (AvgIpc) is 2.39. The third-order valence-corrected chi connectivity index (χ3v) is 2.74. The first-order chi connectivity index (χ1) is 8.24. The number of benzene rings is 1. The number of nitrogens with two attached hydrogens (primary N) is 1. The Balaban J connectivity index is 2.54. The van der Waals surface area contributed by atoms with Gasteiger partial charge >= 0.3 is 0 Å². The normalized spacial score (nSPS) is 10.3. The lowest BCUT2D eigenvalue weighted by molar-refractivity contribution is 0.398. The summed E-state index contributed by atoms with van der Waals surface area (Å²) in [6.45, 7) is 2.60. The van der Waals surface area contributed by atoms with Crippen molar-refractivity contribution >= 4 is 0 Å². The number of aryl methyl sites for hydroxylation is 1. The van der Waals surface area contributed by atoms with E-state index in [-0.39, 0.29) is 0 Å². The Labute approximate surface area is 101 Å². The third kappa shape index (κ3) is 2.45. The highest BCUT2D eigenvalue weighted by atomic mass is 16.5. The molecule has 3 heteroatoms. The van der Waals surface area contributed by atoms with Crippen molar-refractivity contribution in [3.8, 4) is 17.0 Å². The molecule has 1 aromatic heterocycles. The summed E-state index contributed by atoms with van der Waals surface area (Å²) < 4.78 is 5.14. The maximum absolute atomic E-state index is 5.76. The molecular formula is C14H16N2O. The third-order valence-electron chi connectivity index (χ3n) is 2.74. The van der Waals surface area contributed by atoms with E-state index in [0.29, 0.717) is 12.4 Å². The smallest absolute Gasteiger partial charge is 0.213 e. The van der Waals surface area contributed by atoms with Crippen LogP contribution in [0.3, 0.4) is 0 Å². The highest BCUT2D eigenvalue weighted by molar-refractivity contribution is 5.68. The van der Waals surface area contributed by atoms with Gasteiger partial charge < -0.3 is 10.5 Å². The zero-order chi connectivity index (χ0) is 12.3. The summed E-state index contributed by atoms with van der Waals surface area (Å²) >= 11 is 0. The Morgan fingerprint density at radius 3 is 2.76 bits per heavy atom. The fraction of sp³-hybridized carbons (Fsp3) is 0.214. The van der Waals surface area contributed by atoms with E-state index in [1.165, 1.54) is 5.56 Å². The van der Waals surface area contributed by atoms with Crippen LogP contribution in [0.1, 0.15) is 11.1 Å². The van der Waals surface area contributed by atoms with Gasteiger partial charge in [0.05, 0.1) is 7.11 Å². The van der Waals surface area contributed by atoms with Crippen LogP contribution < -0.4 is 10.5 Å². The van der Waals surface area contributed by atoms with E-state index in [9.17, 15) is 0 Å². The van der Waals surface area contributed by atoms with E-state index in [2.05, 4.69) is 30.1 Å². The number of rotatable bonds is 3. The molecule has 0 aliphatic rings. The lowest BCUT2D eigenvalue weighted by Crippen LogP contribution is -1.99. The van der Waals surface area contributed by atoms with Gasteiger partial charge in [-0.1, -0.05) is 23.8 Å². The van der Waals surface area contributed by atoms with Crippen LogP contribution in [-0.4, -0.2) is 12.1 Å². The largest absolute Gasteiger partial charge is 0.481 e. The Bertz CT molecular complexity index is 523. The number of methoxy groups -OCH3 is 1. The maximum Gasteiger partial charge on any atom is 0.213 e. The Kier molecular flexibility index (Phi) is 3.40. The summed E-state index contributed by atoms with van der Waals surface area (Å²) in [7, 11) is 1.62. The van der Waals surface area contributed by atoms with Gasteiger partial charge in [0.1, 0.15) is 0 Å². The predicted octanol–water partition coefficient (Wildman–Crippen LogP) is 2.52. The number of hydrogen-bond acceptors (Lipinski definition) is 3. The van der Waals surface area contributed by atoms with Gasteiger partial charge in [0.25, 0.3) is 0 Å². The first-order valence-corrected chi connectivity index (χ1v) is 5.54. The van der Waals surface area contributed by atoms with Crippen LogP contribution in [0.4, 0.5) is 0 Å². The molecule has 0 aliphatic heterocycles. The van der Waals surface area contributed by atoms with E-state index in [1.807, 2.05) is 12.1 Å². The molecule has 2 N–H and O–H groups in total. The van der Waals surface area contributed by atoms with Gasteiger partial charge in [-0.25, -0.2) is 4.98 Å². The molecule has 0 saturated heterocycles. The van der Waals surface area contributed by atoms with Crippen molar-refractivity contribution in [3.63, 3.8) is 0 Å². The molecule has 17 heavy (non-hydrogen) atoms. The quantitative estimate of drug-likeness (QED) is 0.878.